The van der Waals surface area contributed by atoms with Crippen LogP contribution in [0.2, 0.25) is 0 Å². The quantitative estimate of drug-likeness (QED) is 0.587. The number of nitrogens with zero attached hydrogens (tertiary/aromatic N) is 1. The van der Waals surface area contributed by atoms with Gasteiger partial charge in [-0.05, 0) is 38.0 Å². The molecule has 1 aliphatic rings. The third kappa shape index (κ3) is 4.13. The molecular formula is C17H32ClNO. The molecule has 0 radical (unpaired) electrons. The van der Waals surface area contributed by atoms with Crippen molar-refractivity contribution < 1.29 is 4.79 Å². The molecule has 20 heavy (non-hydrogen) atoms. The highest BCUT2D eigenvalue weighted by molar-refractivity contribution is 6.18. The van der Waals surface area contributed by atoms with E-state index in [1.807, 2.05) is 0 Å². The van der Waals surface area contributed by atoms with Gasteiger partial charge >= 0.3 is 0 Å². The Kier molecular flexibility index (Phi) is 7.36. The predicted octanol–water partition coefficient (Wildman–Crippen LogP) is 4.85. The number of carbonyl (C=O) groups is 1. The summed E-state index contributed by atoms with van der Waals surface area (Å²) in [5.41, 5.74) is -0.0944. The number of hydrogen-bond donors (Lipinski definition) is 0. The van der Waals surface area contributed by atoms with Crippen molar-refractivity contribution in [3.05, 3.63) is 0 Å². The van der Waals surface area contributed by atoms with Crippen molar-refractivity contribution in [2.24, 2.45) is 11.3 Å². The van der Waals surface area contributed by atoms with E-state index in [1.165, 1.54) is 12.8 Å². The molecule has 0 aromatic carbocycles. The summed E-state index contributed by atoms with van der Waals surface area (Å²) in [5, 5.41) is 0. The summed E-state index contributed by atoms with van der Waals surface area (Å²) in [6.45, 7) is 9.51. The summed E-state index contributed by atoms with van der Waals surface area (Å²) in [6, 6.07) is 0.353. The minimum Gasteiger partial charge on any atom is -0.338 e. The smallest absolute Gasteiger partial charge is 0.229 e. The molecule has 0 heterocycles. The van der Waals surface area contributed by atoms with Gasteiger partial charge in [0, 0.05) is 23.9 Å². The molecule has 1 fully saturated rings. The third-order valence-corrected chi connectivity index (χ3v) is 4.95. The van der Waals surface area contributed by atoms with E-state index in [2.05, 4.69) is 32.6 Å². The van der Waals surface area contributed by atoms with E-state index in [0.717, 1.165) is 32.1 Å². The zero-order valence-electron chi connectivity index (χ0n) is 13.8. The maximum absolute atomic E-state index is 13.2. The van der Waals surface area contributed by atoms with Crippen LogP contribution in [0.1, 0.15) is 72.6 Å². The van der Waals surface area contributed by atoms with Crippen molar-refractivity contribution in [2.45, 2.75) is 78.7 Å². The molecule has 2 nitrogen and oxygen atoms in total. The Morgan fingerprint density at radius 1 is 1.20 bits per heavy atom. The maximum Gasteiger partial charge on any atom is 0.229 e. The van der Waals surface area contributed by atoms with Gasteiger partial charge in [-0.1, -0.05) is 40.5 Å². The number of alkyl halides is 1. The first kappa shape index (κ1) is 17.8. The van der Waals surface area contributed by atoms with Crippen LogP contribution in [0.4, 0.5) is 0 Å². The van der Waals surface area contributed by atoms with Crippen molar-refractivity contribution in [2.75, 3.05) is 12.4 Å². The summed E-state index contributed by atoms with van der Waals surface area (Å²) in [7, 11) is 0. The van der Waals surface area contributed by atoms with Gasteiger partial charge in [-0.2, -0.15) is 0 Å². The second kappa shape index (κ2) is 8.26. The molecule has 0 spiro atoms. The van der Waals surface area contributed by atoms with Gasteiger partial charge in [-0.15, -0.1) is 11.6 Å². The predicted molar refractivity (Wildman–Crippen MR) is 87.2 cm³/mol. The van der Waals surface area contributed by atoms with Crippen molar-refractivity contribution in [3.8, 4) is 0 Å². The summed E-state index contributed by atoms with van der Waals surface area (Å²) < 4.78 is 0. The van der Waals surface area contributed by atoms with Crippen LogP contribution >= 0.6 is 11.6 Å². The SMILES string of the molecule is CCC(CC)N(CCCl)C(=O)C1(CC(C)C)CCCC1. The average Bonchev–Trinajstić information content (AvgIpc) is 2.87. The first-order valence-electron chi connectivity index (χ1n) is 8.37. The van der Waals surface area contributed by atoms with E-state index in [-0.39, 0.29) is 5.41 Å². The molecule has 1 amide bonds. The van der Waals surface area contributed by atoms with Gasteiger partial charge in [-0.25, -0.2) is 0 Å². The number of carbonyl (C=O) groups excluding carboxylic acids is 1. The lowest BCUT2D eigenvalue weighted by Crippen LogP contribution is -2.49. The Morgan fingerprint density at radius 3 is 2.15 bits per heavy atom. The molecule has 1 rings (SSSR count). The molecule has 1 saturated carbocycles. The van der Waals surface area contributed by atoms with Gasteiger partial charge in [0.1, 0.15) is 0 Å². The third-order valence-electron chi connectivity index (χ3n) is 4.78. The van der Waals surface area contributed by atoms with Crippen LogP contribution in [0, 0.1) is 11.3 Å². The average molecular weight is 302 g/mol. The Bertz CT molecular complexity index is 293. The van der Waals surface area contributed by atoms with Crippen LogP contribution in [0.3, 0.4) is 0 Å². The van der Waals surface area contributed by atoms with Gasteiger partial charge < -0.3 is 4.90 Å². The number of hydrogen-bond acceptors (Lipinski definition) is 1. The van der Waals surface area contributed by atoms with E-state index in [9.17, 15) is 4.79 Å². The summed E-state index contributed by atoms with van der Waals surface area (Å²) in [4.78, 5) is 15.3. The number of rotatable bonds is 8. The minimum absolute atomic E-state index is 0.0944. The van der Waals surface area contributed by atoms with Crippen LogP contribution in [-0.4, -0.2) is 29.3 Å². The van der Waals surface area contributed by atoms with E-state index in [0.29, 0.717) is 30.3 Å². The molecule has 0 aromatic rings. The molecule has 118 valence electrons. The van der Waals surface area contributed by atoms with Crippen LogP contribution in [0.5, 0.6) is 0 Å². The van der Waals surface area contributed by atoms with Gasteiger partial charge in [0.05, 0.1) is 0 Å². The summed E-state index contributed by atoms with van der Waals surface area (Å²) in [5.74, 6) is 1.51. The van der Waals surface area contributed by atoms with Crippen molar-refractivity contribution in [3.63, 3.8) is 0 Å². The molecule has 0 aliphatic heterocycles. The second-order valence-corrected chi connectivity index (χ2v) is 7.12. The molecule has 0 aromatic heterocycles. The fourth-order valence-electron chi connectivity index (χ4n) is 3.91. The van der Waals surface area contributed by atoms with E-state index < -0.39 is 0 Å². The lowest BCUT2D eigenvalue weighted by Gasteiger charge is -2.39. The highest BCUT2D eigenvalue weighted by Crippen LogP contribution is 2.45. The highest BCUT2D eigenvalue weighted by atomic mass is 35.5. The van der Waals surface area contributed by atoms with Crippen molar-refractivity contribution >= 4 is 17.5 Å². The molecule has 0 N–H and O–H groups in total. The molecular weight excluding hydrogens is 270 g/mol. The Hall–Kier alpha value is -0.240. The van der Waals surface area contributed by atoms with Crippen LogP contribution in [0.25, 0.3) is 0 Å². The number of amides is 1. The van der Waals surface area contributed by atoms with Gasteiger partial charge in [0.25, 0.3) is 0 Å². The molecule has 0 bridgehead atoms. The molecule has 3 heteroatoms. The Morgan fingerprint density at radius 2 is 1.75 bits per heavy atom. The summed E-state index contributed by atoms with van der Waals surface area (Å²) in [6.07, 6.45) is 7.64. The standard InChI is InChI=1S/C17H32ClNO/c1-5-15(6-2)19(12-11-18)16(20)17(13-14(3)4)9-7-8-10-17/h14-15H,5-13H2,1-4H3. The molecule has 0 saturated heterocycles. The summed E-state index contributed by atoms with van der Waals surface area (Å²) >= 11 is 5.96. The van der Waals surface area contributed by atoms with Crippen LogP contribution in [-0.2, 0) is 4.79 Å². The normalized spacial score (nSPS) is 17.9. The van der Waals surface area contributed by atoms with Gasteiger partial charge in [0.15, 0.2) is 0 Å². The Balaban J connectivity index is 2.94. The Labute approximate surface area is 130 Å². The molecule has 0 atom stereocenters. The van der Waals surface area contributed by atoms with Crippen LogP contribution in [0.15, 0.2) is 0 Å². The fraction of sp³-hybridized carbons (Fsp3) is 0.941. The molecule has 1 aliphatic carbocycles. The first-order chi connectivity index (χ1) is 9.50. The zero-order valence-corrected chi connectivity index (χ0v) is 14.5. The van der Waals surface area contributed by atoms with Crippen molar-refractivity contribution in [1.29, 1.82) is 0 Å². The highest BCUT2D eigenvalue weighted by Gasteiger charge is 2.44. The molecule has 0 unspecified atom stereocenters. The lowest BCUT2D eigenvalue weighted by molar-refractivity contribution is -0.145. The van der Waals surface area contributed by atoms with Crippen molar-refractivity contribution in [1.82, 2.24) is 4.90 Å². The first-order valence-corrected chi connectivity index (χ1v) is 8.91. The minimum atomic E-state index is -0.0944. The van der Waals surface area contributed by atoms with Gasteiger partial charge in [0.2, 0.25) is 5.91 Å². The number of halogens is 1. The lowest BCUT2D eigenvalue weighted by atomic mass is 9.77. The zero-order chi connectivity index (χ0) is 15.2. The van der Waals surface area contributed by atoms with E-state index in [4.69, 9.17) is 11.6 Å². The topological polar surface area (TPSA) is 20.3 Å². The van der Waals surface area contributed by atoms with E-state index in [1.54, 1.807) is 0 Å². The largest absolute Gasteiger partial charge is 0.338 e. The van der Waals surface area contributed by atoms with Crippen LogP contribution < -0.4 is 0 Å². The van der Waals surface area contributed by atoms with Gasteiger partial charge in [-0.3, -0.25) is 4.79 Å². The second-order valence-electron chi connectivity index (χ2n) is 6.74. The fourth-order valence-corrected chi connectivity index (χ4v) is 4.10. The van der Waals surface area contributed by atoms with E-state index >= 15 is 0 Å². The monoisotopic (exact) mass is 301 g/mol. The maximum atomic E-state index is 13.2.